The molecule has 1 aliphatic rings. The number of amides is 1. The van der Waals surface area contributed by atoms with E-state index in [1.54, 1.807) is 24.3 Å². The number of nitrogens with one attached hydrogen (secondary N) is 1. The van der Waals surface area contributed by atoms with Gasteiger partial charge in [-0.05, 0) is 42.7 Å². The van der Waals surface area contributed by atoms with E-state index in [-0.39, 0.29) is 5.91 Å². The van der Waals surface area contributed by atoms with Gasteiger partial charge in [-0.3, -0.25) is 4.79 Å². The number of rotatable bonds is 6. The minimum absolute atomic E-state index is 0.140. The number of benzene rings is 2. The molecular formula is C20H21NO5. The van der Waals surface area contributed by atoms with Crippen LogP contribution in [0.15, 0.2) is 42.5 Å². The summed E-state index contributed by atoms with van der Waals surface area (Å²) in [4.78, 5) is 23.9. The summed E-state index contributed by atoms with van der Waals surface area (Å²) in [5.41, 5.74) is 1.90. The second-order valence-electron chi connectivity index (χ2n) is 5.92. The molecule has 26 heavy (non-hydrogen) atoms. The zero-order valence-corrected chi connectivity index (χ0v) is 14.6. The Kier molecular flexibility index (Phi) is 5.73. The Morgan fingerprint density at radius 2 is 1.85 bits per heavy atom. The first-order chi connectivity index (χ1) is 12.7. The standard InChI is InChI=1S/C20H21NO5/c1-24-20(23)15-6-2-3-7-16(15)21-19(22)8-4-5-14-9-10-17-18(13-14)26-12-11-25-17/h2-3,6-7,9-10,13H,4-5,8,11-12H2,1H3,(H,21,22). The van der Waals surface area contributed by atoms with Crippen LogP contribution in [0.5, 0.6) is 11.5 Å². The van der Waals surface area contributed by atoms with Crippen LogP contribution in [-0.2, 0) is 16.0 Å². The highest BCUT2D eigenvalue weighted by molar-refractivity contribution is 6.01. The molecule has 1 heterocycles. The minimum atomic E-state index is -0.475. The molecule has 0 radical (unpaired) electrons. The number of carbonyl (C=O) groups is 2. The molecule has 136 valence electrons. The molecule has 0 atom stereocenters. The lowest BCUT2D eigenvalue weighted by atomic mass is 10.1. The number of para-hydroxylation sites is 1. The average molecular weight is 355 g/mol. The molecule has 6 nitrogen and oxygen atoms in total. The van der Waals surface area contributed by atoms with E-state index in [0.717, 1.165) is 23.5 Å². The Hall–Kier alpha value is -3.02. The van der Waals surface area contributed by atoms with Crippen molar-refractivity contribution in [3.8, 4) is 11.5 Å². The zero-order chi connectivity index (χ0) is 18.4. The normalized spacial score (nSPS) is 12.3. The van der Waals surface area contributed by atoms with E-state index in [1.165, 1.54) is 7.11 Å². The number of hydrogen-bond donors (Lipinski definition) is 1. The smallest absolute Gasteiger partial charge is 0.339 e. The molecule has 1 N–H and O–H groups in total. The molecule has 6 heteroatoms. The molecule has 0 fully saturated rings. The molecule has 3 rings (SSSR count). The SMILES string of the molecule is COC(=O)c1ccccc1NC(=O)CCCc1ccc2c(c1)OCCO2. The second-order valence-corrected chi connectivity index (χ2v) is 5.92. The van der Waals surface area contributed by atoms with Gasteiger partial charge in [0.2, 0.25) is 5.91 Å². The lowest BCUT2D eigenvalue weighted by Crippen LogP contribution is -2.16. The minimum Gasteiger partial charge on any atom is -0.486 e. The monoisotopic (exact) mass is 355 g/mol. The van der Waals surface area contributed by atoms with Crippen molar-refractivity contribution in [3.05, 3.63) is 53.6 Å². The number of esters is 1. The Bertz CT molecular complexity index is 803. The zero-order valence-electron chi connectivity index (χ0n) is 14.6. The molecule has 0 saturated carbocycles. The van der Waals surface area contributed by atoms with Crippen LogP contribution in [0.1, 0.15) is 28.8 Å². The molecule has 1 amide bonds. The van der Waals surface area contributed by atoms with E-state index in [9.17, 15) is 9.59 Å². The predicted octanol–water partition coefficient (Wildman–Crippen LogP) is 3.21. The van der Waals surface area contributed by atoms with Gasteiger partial charge in [-0.2, -0.15) is 0 Å². The third-order valence-corrected chi connectivity index (χ3v) is 4.08. The highest BCUT2D eigenvalue weighted by atomic mass is 16.6. The van der Waals surface area contributed by atoms with Crippen molar-refractivity contribution in [2.24, 2.45) is 0 Å². The van der Waals surface area contributed by atoms with E-state index in [4.69, 9.17) is 14.2 Å². The number of hydrogen-bond acceptors (Lipinski definition) is 5. The van der Waals surface area contributed by atoms with E-state index >= 15 is 0 Å². The van der Waals surface area contributed by atoms with Crippen LogP contribution in [0, 0.1) is 0 Å². The molecule has 0 unspecified atom stereocenters. The molecule has 0 aliphatic carbocycles. The third kappa shape index (κ3) is 4.33. The van der Waals surface area contributed by atoms with Crippen molar-refractivity contribution in [3.63, 3.8) is 0 Å². The summed E-state index contributed by atoms with van der Waals surface area (Å²) in [6, 6.07) is 12.6. The second kappa shape index (κ2) is 8.38. The Morgan fingerprint density at radius 3 is 2.65 bits per heavy atom. The van der Waals surface area contributed by atoms with Gasteiger partial charge in [-0.25, -0.2) is 4.79 Å². The Labute approximate surface area is 152 Å². The van der Waals surface area contributed by atoms with Gasteiger partial charge in [-0.1, -0.05) is 18.2 Å². The van der Waals surface area contributed by atoms with Crippen molar-refractivity contribution < 1.29 is 23.8 Å². The molecule has 1 aliphatic heterocycles. The van der Waals surface area contributed by atoms with Gasteiger partial charge < -0.3 is 19.5 Å². The first kappa shape index (κ1) is 17.8. The van der Waals surface area contributed by atoms with Gasteiger partial charge in [-0.15, -0.1) is 0 Å². The van der Waals surface area contributed by atoms with E-state index < -0.39 is 5.97 Å². The summed E-state index contributed by atoms with van der Waals surface area (Å²) in [5.74, 6) is 0.901. The average Bonchev–Trinajstić information content (AvgIpc) is 2.67. The topological polar surface area (TPSA) is 73.9 Å². The first-order valence-electron chi connectivity index (χ1n) is 8.53. The summed E-state index contributed by atoms with van der Waals surface area (Å²) < 4.78 is 15.8. The first-order valence-corrected chi connectivity index (χ1v) is 8.53. The van der Waals surface area contributed by atoms with Gasteiger partial charge in [0.25, 0.3) is 0 Å². The van der Waals surface area contributed by atoms with Crippen LogP contribution in [0.3, 0.4) is 0 Å². The van der Waals surface area contributed by atoms with Crippen molar-refractivity contribution in [1.82, 2.24) is 0 Å². The highest BCUT2D eigenvalue weighted by Gasteiger charge is 2.14. The summed E-state index contributed by atoms with van der Waals surface area (Å²) in [6.07, 6.45) is 1.79. The maximum atomic E-state index is 12.2. The fourth-order valence-corrected chi connectivity index (χ4v) is 2.79. The number of anilines is 1. The largest absolute Gasteiger partial charge is 0.486 e. The maximum Gasteiger partial charge on any atom is 0.339 e. The van der Waals surface area contributed by atoms with Crippen LogP contribution >= 0.6 is 0 Å². The molecule has 2 aromatic carbocycles. The van der Waals surface area contributed by atoms with Gasteiger partial charge in [0.05, 0.1) is 18.4 Å². The number of methoxy groups -OCH3 is 1. The predicted molar refractivity (Wildman–Crippen MR) is 96.8 cm³/mol. The summed E-state index contributed by atoms with van der Waals surface area (Å²) >= 11 is 0. The summed E-state index contributed by atoms with van der Waals surface area (Å²) in [5, 5.41) is 2.78. The number of aryl methyl sites for hydroxylation is 1. The summed E-state index contributed by atoms with van der Waals surface area (Å²) in [7, 11) is 1.31. The van der Waals surface area contributed by atoms with Crippen LogP contribution in [0.4, 0.5) is 5.69 Å². The fourth-order valence-electron chi connectivity index (χ4n) is 2.79. The van der Waals surface area contributed by atoms with E-state index in [0.29, 0.717) is 37.3 Å². The number of fused-ring (bicyclic) bond motifs is 1. The molecular weight excluding hydrogens is 334 g/mol. The molecule has 0 aromatic heterocycles. The lowest BCUT2D eigenvalue weighted by Gasteiger charge is -2.18. The Morgan fingerprint density at radius 1 is 1.08 bits per heavy atom. The quantitative estimate of drug-likeness (QED) is 0.806. The highest BCUT2D eigenvalue weighted by Crippen LogP contribution is 2.31. The van der Waals surface area contributed by atoms with Gasteiger partial charge >= 0.3 is 5.97 Å². The van der Waals surface area contributed by atoms with Crippen molar-refractivity contribution in [2.45, 2.75) is 19.3 Å². The summed E-state index contributed by atoms with van der Waals surface area (Å²) in [6.45, 7) is 1.12. The van der Waals surface area contributed by atoms with Gasteiger partial charge in [0.15, 0.2) is 11.5 Å². The van der Waals surface area contributed by atoms with Crippen LogP contribution in [-0.4, -0.2) is 32.2 Å². The van der Waals surface area contributed by atoms with Crippen molar-refractivity contribution in [1.29, 1.82) is 0 Å². The van der Waals surface area contributed by atoms with Crippen LogP contribution in [0.25, 0.3) is 0 Å². The number of ether oxygens (including phenoxy) is 3. The maximum absolute atomic E-state index is 12.2. The van der Waals surface area contributed by atoms with Gasteiger partial charge in [0, 0.05) is 6.42 Å². The lowest BCUT2D eigenvalue weighted by molar-refractivity contribution is -0.116. The Balaban J connectivity index is 1.53. The van der Waals surface area contributed by atoms with E-state index in [2.05, 4.69) is 5.32 Å². The van der Waals surface area contributed by atoms with E-state index in [1.807, 2.05) is 18.2 Å². The van der Waals surface area contributed by atoms with Crippen molar-refractivity contribution >= 4 is 17.6 Å². The number of carbonyl (C=O) groups excluding carboxylic acids is 2. The molecule has 0 saturated heterocycles. The van der Waals surface area contributed by atoms with Crippen LogP contribution in [0.2, 0.25) is 0 Å². The van der Waals surface area contributed by atoms with Crippen molar-refractivity contribution in [2.75, 3.05) is 25.6 Å². The molecule has 0 spiro atoms. The molecule has 2 aromatic rings. The fraction of sp³-hybridized carbons (Fsp3) is 0.300. The molecule has 0 bridgehead atoms. The van der Waals surface area contributed by atoms with Gasteiger partial charge in [0.1, 0.15) is 13.2 Å². The van der Waals surface area contributed by atoms with Crippen LogP contribution < -0.4 is 14.8 Å². The third-order valence-electron chi connectivity index (χ3n) is 4.08.